The van der Waals surface area contributed by atoms with Crippen LogP contribution in [-0.2, 0) is 0 Å². The van der Waals surface area contributed by atoms with Crippen molar-refractivity contribution in [2.45, 2.75) is 25.8 Å². The fraction of sp³-hybridized carbons (Fsp3) is 0.455. The summed E-state index contributed by atoms with van der Waals surface area (Å²) < 4.78 is 0. The van der Waals surface area contributed by atoms with E-state index in [2.05, 4.69) is 10.3 Å². The third-order valence-electron chi connectivity index (χ3n) is 2.92. The average molecular weight is 232 g/mol. The lowest BCUT2D eigenvalue weighted by Crippen LogP contribution is -2.19. The Bertz CT molecular complexity index is 491. The van der Waals surface area contributed by atoms with Crippen LogP contribution in [0.1, 0.15) is 25.3 Å². The normalized spacial score (nSPS) is 16.0. The van der Waals surface area contributed by atoms with Gasteiger partial charge in [-0.3, -0.25) is 10.1 Å². The van der Waals surface area contributed by atoms with Gasteiger partial charge in [-0.1, -0.05) is 0 Å². The zero-order chi connectivity index (χ0) is 12.4. The van der Waals surface area contributed by atoms with Crippen LogP contribution in [0.25, 0.3) is 0 Å². The maximum atomic E-state index is 10.9. The predicted octanol–water partition coefficient (Wildman–Crippen LogP) is 2.07. The van der Waals surface area contributed by atoms with Crippen LogP contribution in [0.15, 0.2) is 12.3 Å². The lowest BCUT2D eigenvalue weighted by Gasteiger charge is -2.13. The summed E-state index contributed by atoms with van der Waals surface area (Å²) in [5.74, 6) is 0.746. The minimum Gasteiger partial charge on any atom is -0.362 e. The first-order valence-corrected chi connectivity index (χ1v) is 5.43. The summed E-state index contributed by atoms with van der Waals surface area (Å²) in [5.41, 5.74) is -0.196. The van der Waals surface area contributed by atoms with E-state index < -0.39 is 4.92 Å². The van der Waals surface area contributed by atoms with E-state index >= 15 is 0 Å². The zero-order valence-corrected chi connectivity index (χ0v) is 9.38. The molecule has 17 heavy (non-hydrogen) atoms. The van der Waals surface area contributed by atoms with Crippen LogP contribution >= 0.6 is 0 Å². The van der Waals surface area contributed by atoms with Crippen LogP contribution in [0.2, 0.25) is 0 Å². The van der Waals surface area contributed by atoms with Crippen LogP contribution in [0.3, 0.4) is 0 Å². The summed E-state index contributed by atoms with van der Waals surface area (Å²) in [6, 6.07) is 3.31. The minimum absolute atomic E-state index is 0.0375. The summed E-state index contributed by atoms with van der Waals surface area (Å²) in [5, 5.41) is 22.8. The Kier molecular flexibility index (Phi) is 2.91. The molecule has 1 aromatic heterocycles. The molecule has 0 amide bonds. The summed E-state index contributed by atoms with van der Waals surface area (Å²) in [7, 11) is 0. The molecule has 88 valence electrons. The largest absolute Gasteiger partial charge is 0.362 e. The van der Waals surface area contributed by atoms with Crippen molar-refractivity contribution in [3.8, 4) is 6.07 Å². The number of rotatable bonds is 4. The molecule has 1 fully saturated rings. The third kappa shape index (κ3) is 2.33. The van der Waals surface area contributed by atoms with Crippen molar-refractivity contribution in [1.29, 1.82) is 5.26 Å². The molecule has 1 unspecified atom stereocenters. The van der Waals surface area contributed by atoms with Crippen LogP contribution in [-0.4, -0.2) is 15.9 Å². The fourth-order valence-electron chi connectivity index (χ4n) is 1.76. The van der Waals surface area contributed by atoms with Crippen molar-refractivity contribution in [3.63, 3.8) is 0 Å². The molecule has 0 bridgehead atoms. The van der Waals surface area contributed by atoms with Gasteiger partial charge in [-0.15, -0.1) is 0 Å². The Morgan fingerprint density at radius 3 is 2.94 bits per heavy atom. The Morgan fingerprint density at radius 2 is 2.41 bits per heavy atom. The quantitative estimate of drug-likeness (QED) is 0.633. The van der Waals surface area contributed by atoms with Crippen LogP contribution in [0.5, 0.6) is 0 Å². The molecule has 6 nitrogen and oxygen atoms in total. The average Bonchev–Trinajstić information content (AvgIpc) is 3.11. The minimum atomic E-state index is -0.562. The van der Waals surface area contributed by atoms with Crippen LogP contribution < -0.4 is 5.32 Å². The van der Waals surface area contributed by atoms with Gasteiger partial charge in [0.05, 0.1) is 4.92 Å². The van der Waals surface area contributed by atoms with Crippen molar-refractivity contribution in [2.24, 2.45) is 5.92 Å². The molecule has 1 heterocycles. The second-order valence-corrected chi connectivity index (χ2v) is 4.20. The van der Waals surface area contributed by atoms with E-state index in [1.165, 1.54) is 12.3 Å². The molecule has 2 rings (SSSR count). The second kappa shape index (κ2) is 4.37. The first-order valence-electron chi connectivity index (χ1n) is 5.43. The van der Waals surface area contributed by atoms with Gasteiger partial charge in [0, 0.05) is 12.2 Å². The lowest BCUT2D eigenvalue weighted by atomic mass is 10.2. The van der Waals surface area contributed by atoms with E-state index in [1.54, 1.807) is 0 Å². The van der Waals surface area contributed by atoms with E-state index in [4.69, 9.17) is 5.26 Å². The summed E-state index contributed by atoms with van der Waals surface area (Å²) >= 11 is 0. The highest BCUT2D eigenvalue weighted by Crippen LogP contribution is 2.35. The Labute approximate surface area is 98.4 Å². The van der Waals surface area contributed by atoms with E-state index in [-0.39, 0.29) is 23.1 Å². The molecule has 0 radical (unpaired) electrons. The number of nitrogens with zero attached hydrogens (tertiary/aromatic N) is 3. The highest BCUT2D eigenvalue weighted by Gasteiger charge is 2.30. The first kappa shape index (κ1) is 11.3. The zero-order valence-electron chi connectivity index (χ0n) is 9.38. The highest BCUT2D eigenvalue weighted by atomic mass is 16.6. The Hall–Kier alpha value is -2.16. The van der Waals surface area contributed by atoms with Crippen molar-refractivity contribution < 1.29 is 4.92 Å². The maximum absolute atomic E-state index is 10.9. The number of anilines is 1. The topological polar surface area (TPSA) is 91.8 Å². The van der Waals surface area contributed by atoms with Gasteiger partial charge >= 0.3 is 5.69 Å². The summed E-state index contributed by atoms with van der Waals surface area (Å²) in [6.45, 7) is 1.97. The summed E-state index contributed by atoms with van der Waals surface area (Å²) in [6.07, 6.45) is 3.69. The molecule has 1 N–H and O–H groups in total. The van der Waals surface area contributed by atoms with Gasteiger partial charge in [0.2, 0.25) is 5.82 Å². The first-order chi connectivity index (χ1) is 8.13. The Morgan fingerprint density at radius 1 is 1.71 bits per heavy atom. The molecule has 0 saturated heterocycles. The predicted molar refractivity (Wildman–Crippen MR) is 61.4 cm³/mol. The molecule has 1 aliphatic rings. The number of hydrogen-bond acceptors (Lipinski definition) is 5. The standard InChI is InChI=1S/C11H12N4O2/c1-7(8-2-3-8)14-11-10(15(16)17)9(6-12)4-5-13-11/h4-5,7-8H,2-3H2,1H3,(H,13,14). The van der Waals surface area contributed by atoms with Crippen molar-refractivity contribution in [1.82, 2.24) is 4.98 Å². The molecule has 0 spiro atoms. The lowest BCUT2D eigenvalue weighted by molar-refractivity contribution is -0.384. The van der Waals surface area contributed by atoms with Gasteiger partial charge in [0.15, 0.2) is 0 Å². The monoisotopic (exact) mass is 232 g/mol. The van der Waals surface area contributed by atoms with E-state index in [1.807, 2.05) is 13.0 Å². The van der Waals surface area contributed by atoms with Crippen molar-refractivity contribution in [2.75, 3.05) is 5.32 Å². The van der Waals surface area contributed by atoms with E-state index in [9.17, 15) is 10.1 Å². The molecule has 0 aromatic carbocycles. The molecule has 6 heteroatoms. The number of pyridine rings is 1. The van der Waals surface area contributed by atoms with Gasteiger partial charge in [0.1, 0.15) is 11.6 Å². The molecule has 1 aromatic rings. The maximum Gasteiger partial charge on any atom is 0.328 e. The number of aromatic nitrogens is 1. The van der Waals surface area contributed by atoms with Gasteiger partial charge in [-0.2, -0.15) is 5.26 Å². The van der Waals surface area contributed by atoms with Gasteiger partial charge in [-0.25, -0.2) is 4.98 Å². The highest BCUT2D eigenvalue weighted by molar-refractivity contribution is 5.64. The van der Waals surface area contributed by atoms with Gasteiger partial charge < -0.3 is 5.32 Å². The number of nitro groups is 1. The molecular weight excluding hydrogens is 220 g/mol. The molecule has 0 aliphatic heterocycles. The van der Waals surface area contributed by atoms with Crippen LogP contribution in [0.4, 0.5) is 11.5 Å². The number of nitrogens with one attached hydrogen (secondary N) is 1. The van der Waals surface area contributed by atoms with Gasteiger partial charge in [0.25, 0.3) is 0 Å². The van der Waals surface area contributed by atoms with Crippen molar-refractivity contribution >= 4 is 11.5 Å². The second-order valence-electron chi connectivity index (χ2n) is 4.20. The molecular formula is C11H12N4O2. The molecule has 1 aliphatic carbocycles. The molecule has 1 saturated carbocycles. The third-order valence-corrected chi connectivity index (χ3v) is 2.92. The Balaban J connectivity index is 2.32. The van der Waals surface area contributed by atoms with E-state index in [0.717, 1.165) is 12.8 Å². The van der Waals surface area contributed by atoms with Gasteiger partial charge in [-0.05, 0) is 31.7 Å². The van der Waals surface area contributed by atoms with Crippen LogP contribution in [0, 0.1) is 27.4 Å². The smallest absolute Gasteiger partial charge is 0.328 e. The van der Waals surface area contributed by atoms with E-state index in [0.29, 0.717) is 5.92 Å². The number of hydrogen-bond donors (Lipinski definition) is 1. The fourth-order valence-corrected chi connectivity index (χ4v) is 1.76. The van der Waals surface area contributed by atoms with Crippen molar-refractivity contribution in [3.05, 3.63) is 27.9 Å². The number of nitriles is 1. The SMILES string of the molecule is CC(Nc1nccc(C#N)c1[N+](=O)[O-])C1CC1. The molecule has 1 atom stereocenters. The summed E-state index contributed by atoms with van der Waals surface area (Å²) in [4.78, 5) is 14.3.